The number of epoxide rings is 2. The molecule has 0 aromatic heterocycles. The summed E-state index contributed by atoms with van der Waals surface area (Å²) in [5.74, 6) is -2.26. The van der Waals surface area contributed by atoms with Gasteiger partial charge in [0.1, 0.15) is 5.78 Å². The van der Waals surface area contributed by atoms with Crippen LogP contribution in [0.25, 0.3) is 0 Å². The van der Waals surface area contributed by atoms with Crippen LogP contribution < -0.4 is 0 Å². The van der Waals surface area contributed by atoms with E-state index in [4.69, 9.17) is 59.3 Å². The Kier molecular flexibility index (Phi) is 36.5. The van der Waals surface area contributed by atoms with Crippen LogP contribution in [0.15, 0.2) is 0 Å². The van der Waals surface area contributed by atoms with Crippen molar-refractivity contribution in [2.75, 3.05) is 66.1 Å². The van der Waals surface area contributed by atoms with Gasteiger partial charge in [-0.1, -0.05) is 0 Å². The maximum absolute atomic E-state index is 12.6. The molecule has 2 saturated heterocycles. The van der Waals surface area contributed by atoms with Gasteiger partial charge in [-0.15, -0.1) is 12.3 Å². The minimum absolute atomic E-state index is 0.0165. The molecule has 2 fully saturated rings. The number of carbonyl (C=O) groups is 9. The Hall–Kier alpha value is -5.13. The molecule has 2 aliphatic rings. The summed E-state index contributed by atoms with van der Waals surface area (Å²) >= 11 is 0. The van der Waals surface area contributed by atoms with Crippen LogP contribution in [0.3, 0.4) is 0 Å². The fourth-order valence-electron chi connectivity index (χ4n) is 6.78. The molecular weight excluding hydrogens is 921 g/mol. The molecule has 0 amide bonds. The van der Waals surface area contributed by atoms with Crippen LogP contribution in [0.4, 0.5) is 0 Å². The minimum atomic E-state index is -0.875. The van der Waals surface area contributed by atoms with E-state index >= 15 is 0 Å². The molecule has 0 saturated carbocycles. The lowest BCUT2D eigenvalue weighted by molar-refractivity contribution is -0.151. The summed E-state index contributed by atoms with van der Waals surface area (Å²) in [6.07, 6.45) is 13.7. The standard InChI is InChI=1S/C29H44O11.C21H34O9/c1-3-9-22(10-7-18-37-27(33)14-13-24(31)15-16-30)28(34)39-19-8-11-23(20-25-21-40-25)29(35)38-17-6-5-12-26(32)36-4-2;1-2-27-19(24)11-5-6-12-29-21(26)16(14-17-15-30-17)8-7-13-28-20(25)10-4-3-9-18(22)23/h1,22-23,25,30H,4-21H2,2H3;16-17H,2-15H2,1H3,(H,22,23). The van der Waals surface area contributed by atoms with Gasteiger partial charge in [0, 0.05) is 51.6 Å². The Morgan fingerprint density at radius 1 is 0.500 bits per heavy atom. The molecule has 5 atom stereocenters. The number of ketones is 1. The first kappa shape index (κ1) is 62.9. The molecule has 0 spiro atoms. The Labute approximate surface area is 412 Å². The van der Waals surface area contributed by atoms with Gasteiger partial charge in [-0.3, -0.25) is 43.2 Å². The molecule has 5 unspecified atom stereocenters. The van der Waals surface area contributed by atoms with Crippen molar-refractivity contribution in [2.24, 2.45) is 17.8 Å². The fraction of sp³-hybridized carbons (Fsp3) is 0.780. The number of rotatable bonds is 42. The van der Waals surface area contributed by atoms with Crippen LogP contribution in [-0.2, 0) is 85.8 Å². The van der Waals surface area contributed by atoms with Gasteiger partial charge in [0.2, 0.25) is 0 Å². The zero-order chi connectivity index (χ0) is 51.8. The molecule has 0 aromatic rings. The van der Waals surface area contributed by atoms with Crippen molar-refractivity contribution in [1.82, 2.24) is 0 Å². The molecule has 398 valence electrons. The van der Waals surface area contributed by atoms with Gasteiger partial charge < -0.3 is 52.8 Å². The van der Waals surface area contributed by atoms with Gasteiger partial charge in [0.25, 0.3) is 0 Å². The molecule has 2 heterocycles. The third-order valence-corrected chi connectivity index (χ3v) is 10.8. The van der Waals surface area contributed by atoms with Crippen molar-refractivity contribution >= 4 is 53.5 Å². The maximum atomic E-state index is 12.6. The summed E-state index contributed by atoms with van der Waals surface area (Å²) < 4.78 is 46.6. The number of carboxylic acid groups (broad SMARTS) is 1. The van der Waals surface area contributed by atoms with E-state index in [1.165, 1.54) is 0 Å². The Morgan fingerprint density at radius 3 is 1.29 bits per heavy atom. The van der Waals surface area contributed by atoms with Crippen LogP contribution in [-0.4, -0.2) is 142 Å². The molecule has 0 bridgehead atoms. The Morgan fingerprint density at radius 2 is 0.871 bits per heavy atom. The van der Waals surface area contributed by atoms with Gasteiger partial charge in [-0.2, -0.15) is 0 Å². The van der Waals surface area contributed by atoms with E-state index in [-0.39, 0.29) is 144 Å². The highest BCUT2D eigenvalue weighted by Gasteiger charge is 2.32. The number of aliphatic hydroxyl groups excluding tert-OH is 1. The molecule has 0 radical (unpaired) electrons. The number of hydrogen-bond donors (Lipinski definition) is 2. The van der Waals surface area contributed by atoms with Crippen molar-refractivity contribution < 1.29 is 96.0 Å². The second kappa shape index (κ2) is 40.6. The predicted molar refractivity (Wildman–Crippen MR) is 248 cm³/mol. The topological polar surface area (TPSA) is 284 Å². The second-order valence-corrected chi connectivity index (χ2v) is 16.9. The van der Waals surface area contributed by atoms with Crippen molar-refractivity contribution in [2.45, 2.75) is 167 Å². The lowest BCUT2D eigenvalue weighted by Gasteiger charge is -2.16. The van der Waals surface area contributed by atoms with E-state index in [0.717, 1.165) is 0 Å². The number of carboxylic acids is 1. The summed E-state index contributed by atoms with van der Waals surface area (Å²) in [7, 11) is 0. The highest BCUT2D eigenvalue weighted by molar-refractivity contribution is 5.83. The van der Waals surface area contributed by atoms with Gasteiger partial charge in [0.15, 0.2) is 0 Å². The SMILES string of the molecule is C#CCC(CCCOC(=O)CCC(=O)CCO)C(=O)OCCCC(CC1CO1)C(=O)OCCCCC(=O)OCC.CCOC(=O)CCCCOC(=O)C(CCCOC(=O)CCCCC(=O)O)CC1CO1. The lowest BCUT2D eigenvalue weighted by Crippen LogP contribution is -2.22. The monoisotopic (exact) mass is 999 g/mol. The number of Topliss-reactive ketones (excluding diaryl/α,β-unsaturated/α-hetero) is 1. The number of aliphatic carboxylic acids is 1. The van der Waals surface area contributed by atoms with Crippen LogP contribution in [0.5, 0.6) is 0 Å². The van der Waals surface area contributed by atoms with Crippen LogP contribution in [0.1, 0.15) is 155 Å². The first-order chi connectivity index (χ1) is 33.7. The average molecular weight is 999 g/mol. The zero-order valence-corrected chi connectivity index (χ0v) is 41.3. The lowest BCUT2D eigenvalue weighted by atomic mass is 9.98. The smallest absolute Gasteiger partial charge is 0.309 e. The largest absolute Gasteiger partial charge is 0.481 e. The van der Waals surface area contributed by atoms with Crippen LogP contribution in [0, 0.1) is 30.1 Å². The van der Waals surface area contributed by atoms with E-state index in [0.29, 0.717) is 123 Å². The summed E-state index contributed by atoms with van der Waals surface area (Å²) in [5.41, 5.74) is 0. The summed E-state index contributed by atoms with van der Waals surface area (Å²) in [6.45, 7) is 6.14. The number of hydrogen-bond acceptors (Lipinski definition) is 19. The molecule has 70 heavy (non-hydrogen) atoms. The summed E-state index contributed by atoms with van der Waals surface area (Å²) in [6, 6.07) is 0. The molecule has 0 aromatic carbocycles. The van der Waals surface area contributed by atoms with Crippen molar-refractivity contribution in [3.05, 3.63) is 0 Å². The highest BCUT2D eigenvalue weighted by atomic mass is 16.6. The molecule has 2 N–H and O–H groups in total. The van der Waals surface area contributed by atoms with E-state index in [2.05, 4.69) is 5.92 Å². The number of ether oxygens (including phenoxy) is 9. The van der Waals surface area contributed by atoms with Crippen molar-refractivity contribution in [3.63, 3.8) is 0 Å². The van der Waals surface area contributed by atoms with E-state index in [1.807, 2.05) is 0 Å². The fourth-order valence-corrected chi connectivity index (χ4v) is 6.78. The average Bonchev–Trinajstić information content (AvgIpc) is 4.28. The van der Waals surface area contributed by atoms with Gasteiger partial charge in [-0.25, -0.2) is 0 Å². The first-order valence-electron chi connectivity index (χ1n) is 24.9. The first-order valence-corrected chi connectivity index (χ1v) is 24.9. The Bertz CT molecular complexity index is 1600. The van der Waals surface area contributed by atoms with Gasteiger partial charge in [-0.05, 0) is 104 Å². The zero-order valence-electron chi connectivity index (χ0n) is 41.3. The molecule has 2 rings (SSSR count). The molecule has 0 aliphatic carbocycles. The molecular formula is C50H78O20. The molecule has 2 aliphatic heterocycles. The Balaban J connectivity index is 0.000000729. The quantitative estimate of drug-likeness (QED) is 0.0257. The number of aliphatic hydroxyl groups is 1. The van der Waals surface area contributed by atoms with E-state index in [9.17, 15) is 43.2 Å². The molecule has 20 nitrogen and oxygen atoms in total. The maximum Gasteiger partial charge on any atom is 0.309 e. The normalized spacial score (nSPS) is 15.5. The van der Waals surface area contributed by atoms with E-state index in [1.54, 1.807) is 13.8 Å². The molecule has 20 heteroatoms. The van der Waals surface area contributed by atoms with Crippen molar-refractivity contribution in [3.8, 4) is 12.3 Å². The minimum Gasteiger partial charge on any atom is -0.481 e. The van der Waals surface area contributed by atoms with Gasteiger partial charge in [0.05, 0.1) is 95.8 Å². The van der Waals surface area contributed by atoms with E-state index < -0.39 is 23.8 Å². The van der Waals surface area contributed by atoms with Crippen LogP contribution >= 0.6 is 0 Å². The number of unbranched alkanes of at least 4 members (excludes halogenated alkanes) is 3. The third kappa shape index (κ3) is 35.9. The van der Waals surface area contributed by atoms with Crippen LogP contribution in [0.2, 0.25) is 0 Å². The van der Waals surface area contributed by atoms with Crippen molar-refractivity contribution in [1.29, 1.82) is 0 Å². The van der Waals surface area contributed by atoms with Gasteiger partial charge >= 0.3 is 47.8 Å². The number of terminal acetylenes is 1. The summed E-state index contributed by atoms with van der Waals surface area (Å²) in [5, 5.41) is 17.3. The summed E-state index contributed by atoms with van der Waals surface area (Å²) in [4.78, 5) is 105. The number of esters is 7. The highest BCUT2D eigenvalue weighted by Crippen LogP contribution is 2.26. The third-order valence-electron chi connectivity index (χ3n) is 10.8. The predicted octanol–water partition coefficient (Wildman–Crippen LogP) is 5.32. The number of carbonyl (C=O) groups excluding carboxylic acids is 8. The second-order valence-electron chi connectivity index (χ2n) is 16.9.